The summed E-state index contributed by atoms with van der Waals surface area (Å²) in [6.07, 6.45) is 2.37. The lowest BCUT2D eigenvalue weighted by molar-refractivity contribution is 0.213. The van der Waals surface area contributed by atoms with Crippen molar-refractivity contribution in [3.63, 3.8) is 0 Å². The fraction of sp³-hybridized carbons (Fsp3) is 0.294. The number of nitrogens with zero attached hydrogens (tertiary/aromatic N) is 1. The molecule has 2 atom stereocenters. The first kappa shape index (κ1) is 16.0. The first-order valence-electron chi connectivity index (χ1n) is 7.38. The molecule has 2 unspecified atom stereocenters. The van der Waals surface area contributed by atoms with Gasteiger partial charge in [-0.2, -0.15) is 0 Å². The number of urea groups is 1. The van der Waals surface area contributed by atoms with E-state index in [-0.39, 0.29) is 24.7 Å². The summed E-state index contributed by atoms with van der Waals surface area (Å²) >= 11 is 0. The molecule has 0 radical (unpaired) electrons. The van der Waals surface area contributed by atoms with Crippen LogP contribution < -0.4 is 10.6 Å². The van der Waals surface area contributed by atoms with Gasteiger partial charge in [0.1, 0.15) is 0 Å². The van der Waals surface area contributed by atoms with E-state index in [0.29, 0.717) is 6.42 Å². The van der Waals surface area contributed by atoms with Crippen molar-refractivity contribution in [1.29, 1.82) is 0 Å². The van der Waals surface area contributed by atoms with Gasteiger partial charge in [0.05, 0.1) is 24.4 Å². The number of carbonyl (C=O) groups excluding carboxylic acids is 1. The molecular weight excluding hydrogens is 278 g/mol. The topological polar surface area (TPSA) is 74.2 Å². The number of pyridine rings is 1. The normalized spacial score (nSPS) is 13.2. The number of aromatic nitrogens is 1. The highest BCUT2D eigenvalue weighted by Crippen LogP contribution is 2.19. The molecule has 22 heavy (non-hydrogen) atoms. The molecule has 3 N–H and O–H groups in total. The molecule has 2 aromatic rings. The predicted octanol–water partition coefficient (Wildman–Crippen LogP) is 2.24. The number of benzene rings is 1. The highest BCUT2D eigenvalue weighted by Gasteiger charge is 2.19. The van der Waals surface area contributed by atoms with Crippen LogP contribution in [-0.4, -0.2) is 28.8 Å². The van der Waals surface area contributed by atoms with Crippen LogP contribution in [0.1, 0.15) is 30.6 Å². The second-order valence-electron chi connectivity index (χ2n) is 5.00. The molecule has 0 spiro atoms. The molecule has 0 fully saturated rings. The number of rotatable bonds is 6. The number of carbonyl (C=O) groups is 1. The van der Waals surface area contributed by atoms with Gasteiger partial charge in [-0.3, -0.25) is 4.98 Å². The molecule has 5 heteroatoms. The second-order valence-corrected chi connectivity index (χ2v) is 5.00. The average Bonchev–Trinajstić information content (AvgIpc) is 2.59. The zero-order chi connectivity index (χ0) is 15.8. The smallest absolute Gasteiger partial charge is 0.315 e. The Morgan fingerprint density at radius 1 is 1.14 bits per heavy atom. The number of hydrogen-bond donors (Lipinski definition) is 3. The van der Waals surface area contributed by atoms with Crippen molar-refractivity contribution in [2.75, 3.05) is 6.61 Å². The highest BCUT2D eigenvalue weighted by molar-refractivity contribution is 5.75. The van der Waals surface area contributed by atoms with E-state index in [0.717, 1.165) is 11.3 Å². The molecule has 1 heterocycles. The van der Waals surface area contributed by atoms with E-state index in [1.165, 1.54) is 0 Å². The predicted molar refractivity (Wildman–Crippen MR) is 85.4 cm³/mol. The van der Waals surface area contributed by atoms with Crippen LogP contribution in [0.4, 0.5) is 4.79 Å². The third kappa shape index (κ3) is 4.30. The Morgan fingerprint density at radius 2 is 1.86 bits per heavy atom. The van der Waals surface area contributed by atoms with Crippen LogP contribution in [0.25, 0.3) is 0 Å². The van der Waals surface area contributed by atoms with Crippen LogP contribution in [0.15, 0.2) is 54.7 Å². The first-order chi connectivity index (χ1) is 10.7. The van der Waals surface area contributed by atoms with Crippen molar-refractivity contribution in [2.45, 2.75) is 25.4 Å². The van der Waals surface area contributed by atoms with E-state index in [9.17, 15) is 9.90 Å². The largest absolute Gasteiger partial charge is 0.394 e. The molecule has 1 aromatic carbocycles. The van der Waals surface area contributed by atoms with Crippen molar-refractivity contribution in [1.82, 2.24) is 15.6 Å². The summed E-state index contributed by atoms with van der Waals surface area (Å²) in [5.41, 5.74) is 1.72. The fourth-order valence-electron chi connectivity index (χ4n) is 2.16. The molecule has 2 rings (SSSR count). The van der Waals surface area contributed by atoms with Crippen molar-refractivity contribution in [3.05, 3.63) is 66.0 Å². The van der Waals surface area contributed by atoms with Gasteiger partial charge >= 0.3 is 6.03 Å². The first-order valence-corrected chi connectivity index (χ1v) is 7.38. The van der Waals surface area contributed by atoms with Crippen LogP contribution in [0.3, 0.4) is 0 Å². The molecule has 1 aromatic heterocycles. The summed E-state index contributed by atoms with van der Waals surface area (Å²) in [4.78, 5) is 16.5. The maximum absolute atomic E-state index is 12.2. The summed E-state index contributed by atoms with van der Waals surface area (Å²) in [6.45, 7) is 1.83. The molecule has 0 bridgehead atoms. The van der Waals surface area contributed by atoms with Gasteiger partial charge in [-0.15, -0.1) is 0 Å². The zero-order valence-corrected chi connectivity index (χ0v) is 12.6. The second kappa shape index (κ2) is 8.14. The van der Waals surface area contributed by atoms with Gasteiger partial charge in [0.25, 0.3) is 0 Å². The third-order valence-corrected chi connectivity index (χ3v) is 3.44. The van der Waals surface area contributed by atoms with Crippen LogP contribution in [0.2, 0.25) is 0 Å². The van der Waals surface area contributed by atoms with Crippen molar-refractivity contribution < 1.29 is 9.90 Å². The quantitative estimate of drug-likeness (QED) is 0.766. The summed E-state index contributed by atoms with van der Waals surface area (Å²) in [7, 11) is 0. The molecule has 2 amide bonds. The molecule has 0 saturated carbocycles. The Labute approximate surface area is 130 Å². The van der Waals surface area contributed by atoms with Gasteiger partial charge in [0.2, 0.25) is 0 Å². The molecule has 0 aliphatic heterocycles. The summed E-state index contributed by atoms with van der Waals surface area (Å²) in [5, 5.41) is 14.9. The lowest BCUT2D eigenvalue weighted by Crippen LogP contribution is -2.45. The Hall–Kier alpha value is -2.40. The molecule has 0 aliphatic carbocycles. The number of nitrogens with one attached hydrogen (secondary N) is 2. The van der Waals surface area contributed by atoms with Crippen molar-refractivity contribution >= 4 is 6.03 Å². The number of aliphatic hydroxyl groups is 1. The van der Waals surface area contributed by atoms with Crippen LogP contribution in [-0.2, 0) is 0 Å². The Morgan fingerprint density at radius 3 is 2.45 bits per heavy atom. The molecule has 0 aliphatic rings. The summed E-state index contributed by atoms with van der Waals surface area (Å²) in [6, 6.07) is 14.4. The monoisotopic (exact) mass is 299 g/mol. The SMILES string of the molecule is CCC(CO)NC(=O)NC(c1ccccc1)c1ccccn1. The number of amides is 2. The van der Waals surface area contributed by atoms with E-state index in [4.69, 9.17) is 0 Å². The minimum absolute atomic E-state index is 0.0799. The van der Waals surface area contributed by atoms with Gasteiger partial charge in [-0.05, 0) is 24.1 Å². The molecule has 0 saturated heterocycles. The Kier molecular flexibility index (Phi) is 5.91. The van der Waals surface area contributed by atoms with Crippen molar-refractivity contribution in [2.24, 2.45) is 0 Å². The minimum atomic E-state index is -0.335. The fourth-order valence-corrected chi connectivity index (χ4v) is 2.16. The molecular formula is C17H21N3O2. The minimum Gasteiger partial charge on any atom is -0.394 e. The van der Waals surface area contributed by atoms with E-state index in [1.807, 2.05) is 55.5 Å². The lowest BCUT2D eigenvalue weighted by atomic mass is 10.0. The van der Waals surface area contributed by atoms with Crippen LogP contribution in [0, 0.1) is 0 Å². The number of hydrogen-bond acceptors (Lipinski definition) is 3. The zero-order valence-electron chi connectivity index (χ0n) is 12.6. The Balaban J connectivity index is 2.17. The molecule has 5 nitrogen and oxygen atoms in total. The summed E-state index contributed by atoms with van der Waals surface area (Å²) in [5.74, 6) is 0. The average molecular weight is 299 g/mol. The standard InChI is InChI=1S/C17H21N3O2/c1-2-14(12-21)19-17(22)20-16(13-8-4-3-5-9-13)15-10-6-7-11-18-15/h3-11,14,16,21H,2,12H2,1H3,(H2,19,20,22). The Bertz CT molecular complexity index is 531. The van der Waals surface area contributed by atoms with E-state index < -0.39 is 0 Å². The maximum atomic E-state index is 12.2. The molecule has 116 valence electrons. The number of aliphatic hydroxyl groups excluding tert-OH is 1. The van der Waals surface area contributed by atoms with Crippen LogP contribution >= 0.6 is 0 Å². The summed E-state index contributed by atoms with van der Waals surface area (Å²) < 4.78 is 0. The van der Waals surface area contributed by atoms with E-state index in [1.54, 1.807) is 6.20 Å². The van der Waals surface area contributed by atoms with E-state index in [2.05, 4.69) is 15.6 Å². The van der Waals surface area contributed by atoms with Gasteiger partial charge in [0.15, 0.2) is 0 Å². The third-order valence-electron chi connectivity index (χ3n) is 3.44. The maximum Gasteiger partial charge on any atom is 0.315 e. The van der Waals surface area contributed by atoms with Gasteiger partial charge in [0, 0.05) is 6.20 Å². The van der Waals surface area contributed by atoms with E-state index >= 15 is 0 Å². The van der Waals surface area contributed by atoms with Gasteiger partial charge in [-0.25, -0.2) is 4.79 Å². The van der Waals surface area contributed by atoms with Gasteiger partial charge < -0.3 is 15.7 Å². The van der Waals surface area contributed by atoms with Crippen molar-refractivity contribution in [3.8, 4) is 0 Å². The highest BCUT2D eigenvalue weighted by atomic mass is 16.3. The van der Waals surface area contributed by atoms with Crippen LogP contribution in [0.5, 0.6) is 0 Å². The van der Waals surface area contributed by atoms with Gasteiger partial charge in [-0.1, -0.05) is 43.3 Å². The lowest BCUT2D eigenvalue weighted by Gasteiger charge is -2.21.